The van der Waals surface area contributed by atoms with Crippen molar-refractivity contribution < 1.29 is 0 Å². The van der Waals surface area contributed by atoms with Gasteiger partial charge in [0.2, 0.25) is 0 Å². The molecule has 0 radical (unpaired) electrons. The molecule has 0 aromatic carbocycles. The third kappa shape index (κ3) is 7.38. The minimum absolute atomic E-state index is 1.17. The molecule has 0 aliphatic heterocycles. The van der Waals surface area contributed by atoms with E-state index in [-0.39, 0.29) is 0 Å². The topological polar surface area (TPSA) is 0 Å². The van der Waals surface area contributed by atoms with Gasteiger partial charge in [-0.25, -0.2) is 0 Å². The number of unbranched alkanes of at least 4 members (excludes halogenated alkanes) is 2. The molecule has 0 spiro atoms. The van der Waals surface area contributed by atoms with Crippen LogP contribution in [0.15, 0.2) is 23.8 Å². The summed E-state index contributed by atoms with van der Waals surface area (Å²) >= 11 is 0. The van der Waals surface area contributed by atoms with Crippen molar-refractivity contribution in [2.24, 2.45) is 0 Å². The Morgan fingerprint density at radius 1 is 1.27 bits per heavy atom. The lowest BCUT2D eigenvalue weighted by Gasteiger charge is -1.99. The smallest absolute Gasteiger partial charge is 0.0285 e. The van der Waals surface area contributed by atoms with Crippen LogP contribution in [0.25, 0.3) is 0 Å². The number of hydrogen-bond acceptors (Lipinski definition) is 0. The van der Waals surface area contributed by atoms with Crippen molar-refractivity contribution in [1.29, 1.82) is 0 Å². The summed E-state index contributed by atoms with van der Waals surface area (Å²) in [6.45, 7) is 10.4. The van der Waals surface area contributed by atoms with Crippen molar-refractivity contribution in [3.63, 3.8) is 0 Å². The molecule has 0 N–H and O–H groups in total. The van der Waals surface area contributed by atoms with E-state index in [2.05, 4.69) is 33.4 Å². The van der Waals surface area contributed by atoms with Crippen LogP contribution in [-0.2, 0) is 0 Å². The van der Waals surface area contributed by atoms with Crippen LogP contribution in [0.5, 0.6) is 0 Å². The summed E-state index contributed by atoms with van der Waals surface area (Å²) in [5.74, 6) is 0. The van der Waals surface area contributed by atoms with E-state index in [9.17, 15) is 0 Å². The van der Waals surface area contributed by atoms with Gasteiger partial charge in [-0.3, -0.25) is 0 Å². The molecule has 0 heterocycles. The molecule has 0 nitrogen and oxygen atoms in total. The predicted octanol–water partition coefficient (Wildman–Crippen LogP) is 4.09. The van der Waals surface area contributed by atoms with Gasteiger partial charge < -0.3 is 0 Å². The van der Waals surface area contributed by atoms with E-state index in [1.54, 1.807) is 0 Å². The van der Waals surface area contributed by atoms with E-state index in [0.29, 0.717) is 0 Å². The fourth-order valence-electron chi connectivity index (χ4n) is 1.08. The molecule has 0 unspecified atom stereocenters. The van der Waals surface area contributed by atoms with Gasteiger partial charge in [-0.05, 0) is 26.7 Å². The monoisotopic (exact) mass is 152 g/mol. The normalized spacial score (nSPS) is 9.36. The Labute approximate surface area is 71.0 Å². The fourth-order valence-corrected chi connectivity index (χ4v) is 1.08. The van der Waals surface area contributed by atoms with E-state index in [0.717, 1.165) is 0 Å². The molecule has 64 valence electrons. The Morgan fingerprint density at radius 3 is 2.36 bits per heavy atom. The molecule has 0 saturated heterocycles. The summed E-state index contributed by atoms with van der Waals surface area (Å²) in [5, 5.41) is 0. The Morgan fingerprint density at radius 2 is 1.91 bits per heavy atom. The van der Waals surface area contributed by atoms with Crippen LogP contribution in [0, 0.1) is 0 Å². The van der Waals surface area contributed by atoms with E-state index in [1.807, 2.05) is 0 Å². The van der Waals surface area contributed by atoms with Gasteiger partial charge in [-0.2, -0.15) is 0 Å². The maximum atomic E-state index is 3.99. The largest absolute Gasteiger partial charge is 0.0958 e. The molecule has 0 aromatic rings. The summed E-state index contributed by atoms with van der Waals surface area (Å²) in [6.07, 6.45) is 7.26. The van der Waals surface area contributed by atoms with Crippen molar-refractivity contribution in [3.8, 4) is 0 Å². The molecule has 0 rings (SSSR count). The Hall–Kier alpha value is -0.520. The first-order valence-corrected chi connectivity index (χ1v) is 4.49. The summed E-state index contributed by atoms with van der Waals surface area (Å²) in [4.78, 5) is 0. The Kier molecular flexibility index (Phi) is 5.91. The zero-order chi connectivity index (χ0) is 8.69. The molecule has 0 heteroatoms. The molecule has 0 amide bonds. The second-order valence-corrected chi connectivity index (χ2v) is 3.34. The van der Waals surface area contributed by atoms with Gasteiger partial charge in [-0.15, -0.1) is 0 Å². The molecule has 0 aliphatic rings. The quantitative estimate of drug-likeness (QED) is 0.411. The summed E-state index contributed by atoms with van der Waals surface area (Å²) in [7, 11) is 0. The first kappa shape index (κ1) is 10.5. The first-order chi connectivity index (χ1) is 5.16. The van der Waals surface area contributed by atoms with E-state index in [1.165, 1.54) is 36.8 Å². The van der Waals surface area contributed by atoms with Gasteiger partial charge in [0, 0.05) is 0 Å². The van der Waals surface area contributed by atoms with Crippen LogP contribution >= 0.6 is 0 Å². The van der Waals surface area contributed by atoms with Crippen molar-refractivity contribution in [2.45, 2.75) is 46.5 Å². The number of allylic oxidation sites excluding steroid dienone is 3. The van der Waals surface area contributed by atoms with Gasteiger partial charge in [0.25, 0.3) is 0 Å². The van der Waals surface area contributed by atoms with Crippen LogP contribution in [0.4, 0.5) is 0 Å². The maximum absolute atomic E-state index is 3.99. The zero-order valence-electron chi connectivity index (χ0n) is 8.11. The standard InChI is InChI=1S/C11H20/c1-5-6-7-8-11(4)9-10(2)3/h9H,4-8H2,1-3H3. The lowest BCUT2D eigenvalue weighted by atomic mass is 10.1. The molecule has 0 aromatic heterocycles. The maximum Gasteiger partial charge on any atom is -0.0285 e. The molecule has 0 bridgehead atoms. The summed E-state index contributed by atoms with van der Waals surface area (Å²) in [6, 6.07) is 0. The van der Waals surface area contributed by atoms with Gasteiger partial charge in [0.05, 0.1) is 0 Å². The Balaban J connectivity index is 3.46. The van der Waals surface area contributed by atoms with Gasteiger partial charge in [0.1, 0.15) is 0 Å². The summed E-state index contributed by atoms with van der Waals surface area (Å²) < 4.78 is 0. The van der Waals surface area contributed by atoms with Crippen molar-refractivity contribution in [1.82, 2.24) is 0 Å². The second-order valence-electron chi connectivity index (χ2n) is 3.34. The van der Waals surface area contributed by atoms with Crippen molar-refractivity contribution >= 4 is 0 Å². The average molecular weight is 152 g/mol. The fraction of sp³-hybridized carbons (Fsp3) is 0.636. The van der Waals surface area contributed by atoms with E-state index >= 15 is 0 Å². The zero-order valence-corrected chi connectivity index (χ0v) is 8.11. The van der Waals surface area contributed by atoms with Gasteiger partial charge >= 0.3 is 0 Å². The van der Waals surface area contributed by atoms with Crippen molar-refractivity contribution in [3.05, 3.63) is 23.8 Å². The molecular formula is C11H20. The first-order valence-electron chi connectivity index (χ1n) is 4.49. The third-order valence-electron chi connectivity index (χ3n) is 1.59. The van der Waals surface area contributed by atoms with E-state index in [4.69, 9.17) is 0 Å². The highest BCUT2D eigenvalue weighted by Gasteiger charge is 1.89. The lowest BCUT2D eigenvalue weighted by Crippen LogP contribution is -1.79. The van der Waals surface area contributed by atoms with Crippen molar-refractivity contribution in [2.75, 3.05) is 0 Å². The minimum Gasteiger partial charge on any atom is -0.0958 e. The number of hydrogen-bond donors (Lipinski definition) is 0. The van der Waals surface area contributed by atoms with Crippen LogP contribution in [-0.4, -0.2) is 0 Å². The predicted molar refractivity (Wildman–Crippen MR) is 52.7 cm³/mol. The minimum atomic E-state index is 1.17. The van der Waals surface area contributed by atoms with Gasteiger partial charge in [-0.1, -0.05) is 43.6 Å². The molecule has 0 fully saturated rings. The van der Waals surface area contributed by atoms with Crippen LogP contribution < -0.4 is 0 Å². The molecule has 0 aliphatic carbocycles. The average Bonchev–Trinajstić information content (AvgIpc) is 1.86. The van der Waals surface area contributed by atoms with Crippen LogP contribution in [0.3, 0.4) is 0 Å². The SMILES string of the molecule is C=C(C=C(C)C)CCCCC. The van der Waals surface area contributed by atoms with Crippen LogP contribution in [0.1, 0.15) is 46.5 Å². The summed E-state index contributed by atoms with van der Waals surface area (Å²) in [5.41, 5.74) is 2.63. The highest BCUT2D eigenvalue weighted by molar-refractivity contribution is 5.17. The molecule has 11 heavy (non-hydrogen) atoms. The molecule has 0 atom stereocenters. The Bertz CT molecular complexity index is 136. The highest BCUT2D eigenvalue weighted by Crippen LogP contribution is 2.09. The third-order valence-corrected chi connectivity index (χ3v) is 1.59. The van der Waals surface area contributed by atoms with Gasteiger partial charge in [0.15, 0.2) is 0 Å². The molecular weight excluding hydrogens is 132 g/mol. The van der Waals surface area contributed by atoms with E-state index < -0.39 is 0 Å². The van der Waals surface area contributed by atoms with Crippen LogP contribution in [0.2, 0.25) is 0 Å². The molecule has 0 saturated carbocycles. The second kappa shape index (κ2) is 6.21. The highest BCUT2D eigenvalue weighted by atomic mass is 14.0. The number of rotatable bonds is 5. The lowest BCUT2D eigenvalue weighted by molar-refractivity contribution is 0.720.